The predicted molar refractivity (Wildman–Crippen MR) is 166 cm³/mol. The minimum atomic E-state index is -1.11. The van der Waals surface area contributed by atoms with Crippen molar-refractivity contribution in [3.05, 3.63) is 138 Å². The fourth-order valence-electron chi connectivity index (χ4n) is 2.89. The molecule has 4 aromatic carbocycles. The minimum Gasteiger partial charge on any atom is -0.507 e. The lowest BCUT2D eigenvalue weighted by molar-refractivity contribution is -0.132. The summed E-state index contributed by atoms with van der Waals surface area (Å²) in [5, 5.41) is 42.4. The van der Waals surface area contributed by atoms with Crippen molar-refractivity contribution < 1.29 is 49.4 Å². The van der Waals surface area contributed by atoms with Crippen LogP contribution in [0.3, 0.4) is 0 Å². The second kappa shape index (κ2) is 19.7. The molecule has 0 atom stereocenters. The van der Waals surface area contributed by atoms with E-state index in [2.05, 4.69) is 0 Å². The molecule has 4 rings (SSSR count). The number of carboxylic acid groups (broad SMARTS) is 4. The summed E-state index contributed by atoms with van der Waals surface area (Å²) < 4.78 is 4.95. The summed E-state index contributed by atoms with van der Waals surface area (Å²) >= 11 is 0. The Kier molecular flexibility index (Phi) is 15.9. The monoisotopic (exact) mass is 601 g/mol. The van der Waals surface area contributed by atoms with Crippen LogP contribution in [0.25, 0.3) is 12.2 Å². The number of para-hydroxylation sites is 1. The number of anilines is 1. The average Bonchev–Trinajstić information content (AvgIpc) is 3.01. The predicted octanol–water partition coefficient (Wildman–Crippen LogP) is 5.63. The highest BCUT2D eigenvalue weighted by molar-refractivity contribution is 5.90. The maximum atomic E-state index is 10.3. The second-order valence-electron chi connectivity index (χ2n) is 8.28. The molecule has 0 bridgehead atoms. The molecule has 0 spiro atoms. The third kappa shape index (κ3) is 15.4. The highest BCUT2D eigenvalue weighted by Gasteiger charge is 2.05. The molecule has 44 heavy (non-hydrogen) atoms. The van der Waals surface area contributed by atoms with Gasteiger partial charge in [-0.25, -0.2) is 19.2 Å². The van der Waals surface area contributed by atoms with Crippen molar-refractivity contribution in [1.82, 2.24) is 0 Å². The molecule has 0 radical (unpaired) electrons. The molecule has 0 fully saturated rings. The van der Waals surface area contributed by atoms with E-state index >= 15 is 0 Å². The van der Waals surface area contributed by atoms with E-state index in [4.69, 9.17) is 36.0 Å². The van der Waals surface area contributed by atoms with Gasteiger partial charge in [0, 0.05) is 17.8 Å². The van der Waals surface area contributed by atoms with Crippen LogP contribution < -0.4 is 10.5 Å². The van der Waals surface area contributed by atoms with Gasteiger partial charge in [0.25, 0.3) is 0 Å². The van der Waals surface area contributed by atoms with Gasteiger partial charge >= 0.3 is 23.9 Å². The van der Waals surface area contributed by atoms with Crippen LogP contribution in [0.2, 0.25) is 0 Å². The van der Waals surface area contributed by atoms with Gasteiger partial charge in [-0.15, -0.1) is 0 Å². The van der Waals surface area contributed by atoms with Gasteiger partial charge in [-0.05, 0) is 71.8 Å². The number of aromatic carboxylic acids is 2. The number of nitrogen functional groups attached to an aromatic ring is 1. The number of methoxy groups -OCH3 is 1. The van der Waals surface area contributed by atoms with E-state index in [0.717, 1.165) is 29.0 Å². The van der Waals surface area contributed by atoms with Gasteiger partial charge in [0.2, 0.25) is 0 Å². The number of aromatic hydroxyl groups is 1. The molecule has 0 amide bonds. The maximum Gasteiger partial charge on any atom is 0.339 e. The minimum absolute atomic E-state index is 0.0671. The molecule has 0 aromatic heterocycles. The number of rotatable bonds is 7. The molecule has 0 saturated carbocycles. The first-order valence-corrected chi connectivity index (χ1v) is 12.5. The van der Waals surface area contributed by atoms with Crippen LogP contribution in [0.1, 0.15) is 31.8 Å². The van der Waals surface area contributed by atoms with Crippen molar-refractivity contribution in [2.45, 2.75) is 0 Å². The number of benzene rings is 4. The summed E-state index contributed by atoms with van der Waals surface area (Å²) in [6.07, 6.45) is 5.31. The molecule has 11 heteroatoms. The molecule has 0 aliphatic heterocycles. The molecule has 228 valence electrons. The molecular weight excluding hydrogens is 570 g/mol. The van der Waals surface area contributed by atoms with Crippen LogP contribution >= 0.6 is 0 Å². The number of ether oxygens (including phenoxy) is 1. The third-order valence-corrected chi connectivity index (χ3v) is 5.04. The summed E-state index contributed by atoms with van der Waals surface area (Å²) in [4.78, 5) is 40.8. The summed E-state index contributed by atoms with van der Waals surface area (Å²) in [5.41, 5.74) is 7.83. The van der Waals surface area contributed by atoms with Gasteiger partial charge in [0.15, 0.2) is 0 Å². The van der Waals surface area contributed by atoms with E-state index < -0.39 is 23.9 Å². The highest BCUT2D eigenvalue weighted by atomic mass is 16.5. The zero-order valence-electron chi connectivity index (χ0n) is 23.5. The summed E-state index contributed by atoms with van der Waals surface area (Å²) in [5.74, 6) is -3.36. The van der Waals surface area contributed by atoms with Crippen molar-refractivity contribution >= 4 is 41.7 Å². The quantitative estimate of drug-likeness (QED) is 0.113. The number of hydrogen-bond acceptors (Lipinski definition) is 7. The number of nitrogens with two attached hydrogens (primary N) is 1. The molecule has 7 N–H and O–H groups in total. The summed E-state index contributed by atoms with van der Waals surface area (Å²) in [7, 11) is 1.59. The lowest BCUT2D eigenvalue weighted by atomic mass is 10.2. The highest BCUT2D eigenvalue weighted by Crippen LogP contribution is 2.14. The van der Waals surface area contributed by atoms with Crippen LogP contribution in [0.4, 0.5) is 5.69 Å². The second-order valence-corrected chi connectivity index (χ2v) is 8.28. The van der Waals surface area contributed by atoms with Gasteiger partial charge in [0.1, 0.15) is 17.1 Å². The Bertz CT molecular complexity index is 1550. The van der Waals surface area contributed by atoms with Crippen molar-refractivity contribution in [2.75, 3.05) is 12.8 Å². The Labute approximate surface area is 253 Å². The Morgan fingerprint density at radius 3 is 1.50 bits per heavy atom. The fourth-order valence-corrected chi connectivity index (χ4v) is 2.89. The normalized spacial score (nSPS) is 9.75. The number of phenols is 1. The molecule has 0 heterocycles. The molecule has 11 nitrogen and oxygen atoms in total. The number of carbonyl (C=O) groups is 4. The van der Waals surface area contributed by atoms with Crippen LogP contribution in [0.15, 0.2) is 115 Å². The zero-order chi connectivity index (χ0) is 32.9. The van der Waals surface area contributed by atoms with E-state index in [1.807, 2.05) is 30.3 Å². The van der Waals surface area contributed by atoms with Crippen LogP contribution in [0, 0.1) is 0 Å². The van der Waals surface area contributed by atoms with E-state index in [1.54, 1.807) is 61.7 Å². The molecular formula is C33H31NO10. The van der Waals surface area contributed by atoms with Gasteiger partial charge < -0.3 is 36.0 Å². The molecule has 0 aliphatic rings. The summed E-state index contributed by atoms with van der Waals surface area (Å²) in [6, 6.07) is 28.3. The largest absolute Gasteiger partial charge is 0.507 e. The molecule has 4 aromatic rings. The standard InChI is InChI=1S/C10H10O3.C9H8O2.C7H7NO2.C7H6O3/c1-13-9-5-2-8(3-6-9)4-7-10(11)12;10-9(11)7-6-8-4-2-1-3-5-8;8-6-3-1-5(2-4-6)7(9)10;8-6-4-2-1-3-5(6)7(9)10/h2-7H,1H3,(H,11,12);1-7H,(H,10,11);1-4H,8H2,(H,9,10);1-4,8H,(H,9,10). The Morgan fingerprint density at radius 1 is 0.614 bits per heavy atom. The van der Waals surface area contributed by atoms with Crippen molar-refractivity contribution in [3.63, 3.8) is 0 Å². The van der Waals surface area contributed by atoms with Gasteiger partial charge in [0.05, 0.1) is 12.7 Å². The Hall–Kier alpha value is -6.36. The first-order chi connectivity index (χ1) is 20.9. The van der Waals surface area contributed by atoms with E-state index in [-0.39, 0.29) is 16.9 Å². The van der Waals surface area contributed by atoms with Gasteiger partial charge in [-0.2, -0.15) is 0 Å². The first kappa shape index (κ1) is 35.7. The van der Waals surface area contributed by atoms with Crippen LogP contribution in [0.5, 0.6) is 11.5 Å². The number of aliphatic carboxylic acids is 2. The first-order valence-electron chi connectivity index (χ1n) is 12.5. The maximum absolute atomic E-state index is 10.3. The van der Waals surface area contributed by atoms with Crippen LogP contribution in [-0.4, -0.2) is 56.5 Å². The fraction of sp³-hybridized carbons (Fsp3) is 0.0303. The van der Waals surface area contributed by atoms with Crippen molar-refractivity contribution in [3.8, 4) is 11.5 Å². The van der Waals surface area contributed by atoms with Crippen molar-refractivity contribution in [2.24, 2.45) is 0 Å². The lowest BCUT2D eigenvalue weighted by Crippen LogP contribution is -1.95. The topological polar surface area (TPSA) is 205 Å². The van der Waals surface area contributed by atoms with Gasteiger partial charge in [-0.3, -0.25) is 0 Å². The third-order valence-electron chi connectivity index (χ3n) is 5.04. The summed E-state index contributed by atoms with van der Waals surface area (Å²) in [6.45, 7) is 0. The van der Waals surface area contributed by atoms with E-state index in [0.29, 0.717) is 5.69 Å². The van der Waals surface area contributed by atoms with Crippen molar-refractivity contribution in [1.29, 1.82) is 0 Å². The Morgan fingerprint density at radius 2 is 1.09 bits per heavy atom. The van der Waals surface area contributed by atoms with E-state index in [1.165, 1.54) is 30.3 Å². The van der Waals surface area contributed by atoms with E-state index in [9.17, 15) is 19.2 Å². The lowest BCUT2D eigenvalue weighted by Gasteiger charge is -1.98. The number of carboxylic acids is 4. The molecule has 0 aliphatic carbocycles. The average molecular weight is 602 g/mol. The zero-order valence-corrected chi connectivity index (χ0v) is 23.5. The van der Waals surface area contributed by atoms with Gasteiger partial charge in [-0.1, -0.05) is 54.6 Å². The smallest absolute Gasteiger partial charge is 0.339 e. The Balaban J connectivity index is 0.000000295. The molecule has 0 saturated heterocycles. The SMILES string of the molecule is COc1ccc(C=CC(=O)O)cc1.Nc1ccc(C(=O)O)cc1.O=C(O)C=Cc1ccccc1.O=C(O)c1ccccc1O. The molecule has 0 unspecified atom stereocenters. The number of hydrogen-bond donors (Lipinski definition) is 6. The van der Waals surface area contributed by atoms with Crippen LogP contribution in [-0.2, 0) is 9.59 Å².